The highest BCUT2D eigenvalue weighted by atomic mass is 19.4. The zero-order valence-electron chi connectivity index (χ0n) is 11.0. The lowest BCUT2D eigenvalue weighted by Gasteiger charge is -2.12. The molecule has 1 aromatic heterocycles. The van der Waals surface area contributed by atoms with Crippen LogP contribution in [-0.2, 0) is 11.0 Å². The molecule has 0 amide bonds. The van der Waals surface area contributed by atoms with E-state index in [1.165, 1.54) is 6.07 Å². The van der Waals surface area contributed by atoms with Crippen LogP contribution in [0, 0.1) is 6.92 Å². The maximum atomic E-state index is 12.8. The molecule has 0 aliphatic heterocycles. The molecule has 2 N–H and O–H groups in total. The normalized spacial score (nSPS) is 11.6. The molecule has 0 saturated carbocycles. The van der Waals surface area contributed by atoms with E-state index in [4.69, 9.17) is 5.11 Å². The van der Waals surface area contributed by atoms with Gasteiger partial charge in [0.25, 0.3) is 0 Å². The number of nitrogens with one attached hydrogen (secondary N) is 1. The summed E-state index contributed by atoms with van der Waals surface area (Å²) < 4.78 is 38.3. The number of hydrogen-bond donors (Lipinski definition) is 2. The third-order valence-electron chi connectivity index (χ3n) is 2.74. The van der Waals surface area contributed by atoms with Gasteiger partial charge in [0, 0.05) is 11.9 Å². The van der Waals surface area contributed by atoms with Gasteiger partial charge in [-0.3, -0.25) is 4.79 Å². The van der Waals surface area contributed by atoms with Crippen molar-refractivity contribution in [3.63, 3.8) is 0 Å². The first-order chi connectivity index (χ1) is 9.77. The van der Waals surface area contributed by atoms with Crippen LogP contribution in [0.3, 0.4) is 0 Å². The summed E-state index contributed by atoms with van der Waals surface area (Å²) in [6.07, 6.45) is -4.89. The number of alkyl halides is 3. The Hall–Kier alpha value is -2.38. The SMILES string of the molecule is Cc1ccc2nc(C(F)(F)F)nc(NCCC(=O)O)c2c1. The molecule has 2 aromatic rings. The van der Waals surface area contributed by atoms with Crippen LogP contribution in [0.2, 0.25) is 0 Å². The first-order valence-corrected chi connectivity index (χ1v) is 6.08. The third-order valence-corrected chi connectivity index (χ3v) is 2.74. The molecule has 1 heterocycles. The van der Waals surface area contributed by atoms with Gasteiger partial charge in [0.2, 0.25) is 5.82 Å². The Kier molecular flexibility index (Phi) is 3.97. The predicted octanol–water partition coefficient (Wildman–Crippen LogP) is 2.84. The first-order valence-electron chi connectivity index (χ1n) is 6.08. The van der Waals surface area contributed by atoms with Gasteiger partial charge in [0.1, 0.15) is 5.82 Å². The van der Waals surface area contributed by atoms with Gasteiger partial charge < -0.3 is 10.4 Å². The number of aromatic nitrogens is 2. The van der Waals surface area contributed by atoms with E-state index in [-0.39, 0.29) is 24.3 Å². The number of aryl methyl sites for hydroxylation is 1. The summed E-state index contributed by atoms with van der Waals surface area (Å²) in [5.41, 5.74) is 0.993. The van der Waals surface area contributed by atoms with Crippen LogP contribution in [0.4, 0.5) is 19.0 Å². The Morgan fingerprint density at radius 3 is 2.67 bits per heavy atom. The largest absolute Gasteiger partial charge is 0.481 e. The van der Waals surface area contributed by atoms with Crippen LogP contribution in [0.1, 0.15) is 17.8 Å². The highest BCUT2D eigenvalue weighted by Crippen LogP contribution is 2.30. The molecule has 0 atom stereocenters. The number of aliphatic carboxylic acids is 1. The number of hydrogen-bond acceptors (Lipinski definition) is 4. The summed E-state index contributed by atoms with van der Waals surface area (Å²) in [4.78, 5) is 17.4. The number of carboxylic acid groups (broad SMARTS) is 1. The van der Waals surface area contributed by atoms with E-state index in [0.29, 0.717) is 5.39 Å². The first kappa shape index (κ1) is 15.0. The van der Waals surface area contributed by atoms with E-state index in [0.717, 1.165) is 5.56 Å². The van der Waals surface area contributed by atoms with Crippen molar-refractivity contribution in [3.05, 3.63) is 29.6 Å². The smallest absolute Gasteiger partial charge is 0.451 e. The van der Waals surface area contributed by atoms with Gasteiger partial charge in [-0.2, -0.15) is 13.2 Å². The van der Waals surface area contributed by atoms with Crippen LogP contribution >= 0.6 is 0 Å². The summed E-state index contributed by atoms with van der Waals surface area (Å²) in [6.45, 7) is 1.77. The molecule has 5 nitrogen and oxygen atoms in total. The summed E-state index contributed by atoms with van der Waals surface area (Å²) in [7, 11) is 0. The average Bonchev–Trinajstić information content (AvgIpc) is 2.37. The van der Waals surface area contributed by atoms with Gasteiger partial charge in [0.15, 0.2) is 0 Å². The fourth-order valence-corrected chi connectivity index (χ4v) is 1.79. The lowest BCUT2D eigenvalue weighted by molar-refractivity contribution is -0.144. The number of halogens is 3. The number of anilines is 1. The van der Waals surface area contributed by atoms with Gasteiger partial charge in [-0.15, -0.1) is 0 Å². The number of nitrogens with zero attached hydrogens (tertiary/aromatic N) is 2. The maximum absolute atomic E-state index is 12.8. The predicted molar refractivity (Wildman–Crippen MR) is 70.0 cm³/mol. The van der Waals surface area contributed by atoms with Crippen molar-refractivity contribution in [1.82, 2.24) is 9.97 Å². The number of carboxylic acids is 1. The van der Waals surface area contributed by atoms with Gasteiger partial charge in [-0.05, 0) is 19.1 Å². The molecule has 1 aromatic carbocycles. The van der Waals surface area contributed by atoms with Crippen LogP contribution in [-0.4, -0.2) is 27.6 Å². The minimum Gasteiger partial charge on any atom is -0.481 e. The van der Waals surface area contributed by atoms with Crippen LogP contribution < -0.4 is 5.32 Å². The summed E-state index contributed by atoms with van der Waals surface area (Å²) in [5.74, 6) is -2.32. The lowest BCUT2D eigenvalue weighted by Crippen LogP contribution is -2.15. The molecule has 2 rings (SSSR count). The molecule has 0 fully saturated rings. The number of rotatable bonds is 4. The van der Waals surface area contributed by atoms with E-state index in [1.807, 2.05) is 0 Å². The van der Waals surface area contributed by atoms with Crippen molar-refractivity contribution < 1.29 is 23.1 Å². The van der Waals surface area contributed by atoms with Gasteiger partial charge in [0.05, 0.1) is 11.9 Å². The van der Waals surface area contributed by atoms with E-state index in [9.17, 15) is 18.0 Å². The van der Waals surface area contributed by atoms with E-state index < -0.39 is 18.0 Å². The summed E-state index contributed by atoms with van der Waals surface area (Å²) in [6, 6.07) is 4.78. The summed E-state index contributed by atoms with van der Waals surface area (Å²) >= 11 is 0. The second-order valence-corrected chi connectivity index (χ2v) is 4.48. The fraction of sp³-hybridized carbons (Fsp3) is 0.308. The molecule has 0 spiro atoms. The molecule has 0 aliphatic rings. The standard InChI is InChI=1S/C13H12F3N3O2/c1-7-2-3-9-8(6-7)11(17-5-4-10(20)21)19-12(18-9)13(14,15)16/h2-3,6H,4-5H2,1H3,(H,20,21)(H,17,18,19). The van der Waals surface area contributed by atoms with Crippen LogP contribution in [0.25, 0.3) is 10.9 Å². The van der Waals surface area contributed by atoms with Gasteiger partial charge >= 0.3 is 12.1 Å². The molecule has 0 aliphatic carbocycles. The Balaban J connectivity index is 2.47. The molecule has 0 unspecified atom stereocenters. The molecular weight excluding hydrogens is 287 g/mol. The Morgan fingerprint density at radius 2 is 2.05 bits per heavy atom. The van der Waals surface area contributed by atoms with Crippen molar-refractivity contribution in [2.24, 2.45) is 0 Å². The van der Waals surface area contributed by atoms with Gasteiger partial charge in [-0.25, -0.2) is 9.97 Å². The van der Waals surface area contributed by atoms with E-state index in [2.05, 4.69) is 15.3 Å². The Labute approximate surface area is 117 Å². The monoisotopic (exact) mass is 299 g/mol. The lowest BCUT2D eigenvalue weighted by atomic mass is 10.1. The van der Waals surface area contributed by atoms with E-state index in [1.54, 1.807) is 19.1 Å². The minimum absolute atomic E-state index is 0.0164. The minimum atomic E-state index is -4.66. The molecule has 112 valence electrons. The zero-order valence-corrected chi connectivity index (χ0v) is 11.0. The van der Waals surface area contributed by atoms with Gasteiger partial charge in [-0.1, -0.05) is 11.6 Å². The molecule has 8 heteroatoms. The molecule has 0 radical (unpaired) electrons. The van der Waals surface area contributed by atoms with Crippen molar-refractivity contribution >= 4 is 22.7 Å². The van der Waals surface area contributed by atoms with Crippen molar-refractivity contribution in [2.45, 2.75) is 19.5 Å². The quantitative estimate of drug-likeness (QED) is 0.908. The van der Waals surface area contributed by atoms with E-state index >= 15 is 0 Å². The van der Waals surface area contributed by atoms with Crippen molar-refractivity contribution in [2.75, 3.05) is 11.9 Å². The van der Waals surface area contributed by atoms with Crippen LogP contribution in [0.5, 0.6) is 0 Å². The highest BCUT2D eigenvalue weighted by Gasteiger charge is 2.35. The van der Waals surface area contributed by atoms with Crippen LogP contribution in [0.15, 0.2) is 18.2 Å². The topological polar surface area (TPSA) is 75.1 Å². The van der Waals surface area contributed by atoms with Crippen molar-refractivity contribution in [1.29, 1.82) is 0 Å². The number of fused-ring (bicyclic) bond motifs is 1. The third kappa shape index (κ3) is 3.59. The second kappa shape index (κ2) is 5.55. The molecule has 0 saturated heterocycles. The fourth-order valence-electron chi connectivity index (χ4n) is 1.79. The highest BCUT2D eigenvalue weighted by molar-refractivity contribution is 5.89. The number of benzene rings is 1. The molecule has 0 bridgehead atoms. The Bertz CT molecular complexity index is 686. The molecule has 21 heavy (non-hydrogen) atoms. The zero-order chi connectivity index (χ0) is 15.6. The average molecular weight is 299 g/mol. The number of carbonyl (C=O) groups is 1. The maximum Gasteiger partial charge on any atom is 0.451 e. The summed E-state index contributed by atoms with van der Waals surface area (Å²) in [5, 5.41) is 11.6. The second-order valence-electron chi connectivity index (χ2n) is 4.48. The molecular formula is C13H12F3N3O2. The Morgan fingerprint density at radius 1 is 1.33 bits per heavy atom. The van der Waals surface area contributed by atoms with Crippen molar-refractivity contribution in [3.8, 4) is 0 Å².